The predicted octanol–water partition coefficient (Wildman–Crippen LogP) is 6.20. The Morgan fingerprint density at radius 1 is 1.31 bits per heavy atom. The van der Waals surface area contributed by atoms with E-state index in [4.69, 9.17) is 21.1 Å². The Bertz CT molecular complexity index is 1030. The second kappa shape index (κ2) is 10.00. The van der Waals surface area contributed by atoms with E-state index in [-0.39, 0.29) is 17.2 Å². The first-order valence-electron chi connectivity index (χ1n) is 11.1. The van der Waals surface area contributed by atoms with Crippen LogP contribution in [0.25, 0.3) is 0 Å². The van der Waals surface area contributed by atoms with E-state index in [1.54, 1.807) is 6.21 Å². The summed E-state index contributed by atoms with van der Waals surface area (Å²) < 4.78 is 12.8. The summed E-state index contributed by atoms with van der Waals surface area (Å²) in [6, 6.07) is 11.4. The van der Waals surface area contributed by atoms with Crippen molar-refractivity contribution in [1.82, 2.24) is 5.43 Å². The van der Waals surface area contributed by atoms with Gasteiger partial charge in [0.15, 0.2) is 11.5 Å². The molecule has 2 aromatic rings. The number of hydrogen-bond donors (Lipinski definition) is 1. The molecule has 2 fully saturated rings. The van der Waals surface area contributed by atoms with Crippen LogP contribution < -0.4 is 14.9 Å². The molecule has 3 atom stereocenters. The van der Waals surface area contributed by atoms with Crippen molar-refractivity contribution in [3.63, 3.8) is 0 Å². The van der Waals surface area contributed by atoms with Gasteiger partial charge in [0.05, 0.1) is 16.4 Å². The fourth-order valence-corrected chi connectivity index (χ4v) is 5.89. The number of nitrogens with zero attached hydrogens (tertiary/aromatic N) is 1. The molecule has 0 spiro atoms. The third-order valence-corrected chi connectivity index (χ3v) is 7.83. The highest BCUT2D eigenvalue weighted by Gasteiger charge is 2.64. The van der Waals surface area contributed by atoms with Crippen LogP contribution in [-0.4, -0.2) is 18.7 Å². The zero-order valence-corrected chi connectivity index (χ0v) is 21.3. The van der Waals surface area contributed by atoms with E-state index in [1.165, 1.54) is 12.8 Å². The fraction of sp³-hybridized carbons (Fsp3) is 0.440. The highest BCUT2D eigenvalue weighted by molar-refractivity contribution is 14.1. The average molecular weight is 567 g/mol. The molecule has 0 aromatic heterocycles. The summed E-state index contributed by atoms with van der Waals surface area (Å²) in [5.74, 6) is 1.96. The van der Waals surface area contributed by atoms with Crippen molar-refractivity contribution in [1.29, 1.82) is 0 Å². The van der Waals surface area contributed by atoms with Crippen molar-refractivity contribution in [3.05, 3.63) is 56.1 Å². The van der Waals surface area contributed by atoms with Gasteiger partial charge in [-0.2, -0.15) is 5.10 Å². The zero-order chi connectivity index (χ0) is 22.7. The average Bonchev–Trinajstić information content (AvgIpc) is 3.40. The van der Waals surface area contributed by atoms with Crippen LogP contribution in [0.1, 0.15) is 50.7 Å². The van der Waals surface area contributed by atoms with Crippen molar-refractivity contribution < 1.29 is 14.3 Å². The van der Waals surface area contributed by atoms with Crippen LogP contribution in [0.15, 0.2) is 41.5 Å². The van der Waals surface area contributed by atoms with Crippen molar-refractivity contribution in [2.45, 2.75) is 46.1 Å². The van der Waals surface area contributed by atoms with Crippen LogP contribution in [0.4, 0.5) is 0 Å². The van der Waals surface area contributed by atoms with Crippen LogP contribution >= 0.6 is 34.2 Å². The maximum Gasteiger partial charge on any atom is 0.244 e. The van der Waals surface area contributed by atoms with Gasteiger partial charge in [-0.05, 0) is 77.5 Å². The molecule has 0 heterocycles. The first kappa shape index (κ1) is 23.4. The van der Waals surface area contributed by atoms with Crippen LogP contribution in [0.2, 0.25) is 5.02 Å². The summed E-state index contributed by atoms with van der Waals surface area (Å²) in [6.45, 7) is 5.03. The lowest BCUT2D eigenvalue weighted by molar-refractivity contribution is -0.123. The van der Waals surface area contributed by atoms with Gasteiger partial charge >= 0.3 is 0 Å². The number of halogens is 2. The predicted molar refractivity (Wildman–Crippen MR) is 135 cm³/mol. The largest absolute Gasteiger partial charge is 0.490 e. The van der Waals surface area contributed by atoms with E-state index in [0.29, 0.717) is 35.7 Å². The molecule has 2 aliphatic carbocycles. The first-order valence-corrected chi connectivity index (χ1v) is 12.5. The van der Waals surface area contributed by atoms with Gasteiger partial charge in [-0.25, -0.2) is 5.43 Å². The highest BCUT2D eigenvalue weighted by atomic mass is 127. The maximum atomic E-state index is 12.6. The minimum atomic E-state index is 0.0371. The minimum absolute atomic E-state index is 0.0371. The standard InChI is InChI=1S/C25H28ClIN2O3/c1-3-31-21-13-16(12-20(27)23(21)32-15-17-8-4-5-10-19(17)26)14-28-29-24(30)22-18-9-6-7-11-25(18,22)2/h4-5,8,10,12-14,18,22H,3,6-7,9,11,15H2,1-2H3,(H,29,30)/b28-14-/t18-,22-,25-/m0/s1. The second-order valence-corrected chi connectivity index (χ2v) is 10.3. The minimum Gasteiger partial charge on any atom is -0.490 e. The maximum absolute atomic E-state index is 12.6. The third kappa shape index (κ3) is 4.91. The summed E-state index contributed by atoms with van der Waals surface area (Å²) in [7, 11) is 0. The Balaban J connectivity index is 1.43. The molecule has 0 bridgehead atoms. The number of carbonyl (C=O) groups excluding carboxylic acids is 1. The summed E-state index contributed by atoms with van der Waals surface area (Å²) >= 11 is 8.47. The summed E-state index contributed by atoms with van der Waals surface area (Å²) in [5.41, 5.74) is 4.68. The van der Waals surface area contributed by atoms with Crippen molar-refractivity contribution in [2.75, 3.05) is 6.61 Å². The van der Waals surface area contributed by atoms with E-state index in [1.807, 2.05) is 43.3 Å². The third-order valence-electron chi connectivity index (χ3n) is 6.66. The Morgan fingerprint density at radius 3 is 2.84 bits per heavy atom. The molecular formula is C25H28ClIN2O3. The molecule has 2 aliphatic rings. The molecule has 2 aromatic carbocycles. The van der Waals surface area contributed by atoms with Gasteiger partial charge < -0.3 is 9.47 Å². The van der Waals surface area contributed by atoms with Gasteiger partial charge in [0.25, 0.3) is 0 Å². The number of benzene rings is 2. The van der Waals surface area contributed by atoms with Crippen LogP contribution in [0.5, 0.6) is 11.5 Å². The van der Waals surface area contributed by atoms with E-state index < -0.39 is 0 Å². The van der Waals surface area contributed by atoms with Gasteiger partial charge in [0.2, 0.25) is 5.91 Å². The normalized spacial score (nSPS) is 24.1. The molecule has 0 unspecified atom stereocenters. The molecule has 1 N–H and O–H groups in total. The number of nitrogens with one attached hydrogen (secondary N) is 1. The van der Waals surface area contributed by atoms with Crippen molar-refractivity contribution in [2.24, 2.45) is 22.4 Å². The Labute approximate surface area is 208 Å². The summed E-state index contributed by atoms with van der Waals surface area (Å²) in [6.07, 6.45) is 6.42. The Kier molecular flexibility index (Phi) is 7.30. The van der Waals surface area contributed by atoms with Gasteiger partial charge in [-0.3, -0.25) is 4.79 Å². The van der Waals surface area contributed by atoms with Crippen LogP contribution in [-0.2, 0) is 11.4 Å². The summed E-state index contributed by atoms with van der Waals surface area (Å²) in [4.78, 5) is 12.6. The first-order chi connectivity index (χ1) is 15.4. The van der Waals surface area contributed by atoms with Gasteiger partial charge in [-0.15, -0.1) is 0 Å². The molecule has 0 aliphatic heterocycles. The SMILES string of the molecule is CCOc1cc(/C=N\NC(=O)[C@@H]2[C@@H]3CCCC[C@]23C)cc(I)c1OCc1ccccc1Cl. The zero-order valence-electron chi connectivity index (χ0n) is 18.4. The lowest BCUT2D eigenvalue weighted by Crippen LogP contribution is -2.22. The molecule has 32 heavy (non-hydrogen) atoms. The number of hydrogen-bond acceptors (Lipinski definition) is 4. The molecule has 7 heteroatoms. The van der Waals surface area contributed by atoms with E-state index >= 15 is 0 Å². The Morgan fingerprint density at radius 2 is 2.12 bits per heavy atom. The van der Waals surface area contributed by atoms with Crippen LogP contribution in [0.3, 0.4) is 0 Å². The number of hydrazone groups is 1. The van der Waals surface area contributed by atoms with Crippen molar-refractivity contribution in [3.8, 4) is 11.5 Å². The fourth-order valence-electron chi connectivity index (χ4n) is 4.92. The monoisotopic (exact) mass is 566 g/mol. The quantitative estimate of drug-likeness (QED) is 0.235. The van der Waals surface area contributed by atoms with E-state index in [2.05, 4.69) is 40.0 Å². The summed E-state index contributed by atoms with van der Waals surface area (Å²) in [5, 5.41) is 4.90. The van der Waals surface area contributed by atoms with Crippen molar-refractivity contribution >= 4 is 46.3 Å². The lowest BCUT2D eigenvalue weighted by atomic mass is 9.90. The number of amides is 1. The number of rotatable bonds is 8. The molecule has 0 radical (unpaired) electrons. The van der Waals surface area contributed by atoms with E-state index in [0.717, 1.165) is 27.5 Å². The van der Waals surface area contributed by atoms with Crippen LogP contribution in [0, 0.1) is 20.8 Å². The lowest BCUT2D eigenvalue weighted by Gasteiger charge is -2.15. The molecule has 1 amide bonds. The highest BCUT2D eigenvalue weighted by Crippen LogP contribution is 2.66. The number of fused-ring (bicyclic) bond motifs is 1. The van der Waals surface area contributed by atoms with Gasteiger partial charge in [0.1, 0.15) is 6.61 Å². The number of ether oxygens (including phenoxy) is 2. The number of carbonyl (C=O) groups is 1. The van der Waals surface area contributed by atoms with Gasteiger partial charge in [0, 0.05) is 16.5 Å². The smallest absolute Gasteiger partial charge is 0.244 e. The topological polar surface area (TPSA) is 59.9 Å². The molecular weight excluding hydrogens is 539 g/mol. The molecule has 4 rings (SSSR count). The molecule has 5 nitrogen and oxygen atoms in total. The second-order valence-electron chi connectivity index (χ2n) is 8.71. The molecule has 2 saturated carbocycles. The molecule has 0 saturated heterocycles. The molecule has 170 valence electrons. The van der Waals surface area contributed by atoms with E-state index in [9.17, 15) is 4.79 Å². The Hall–Kier alpha value is -1.80. The van der Waals surface area contributed by atoms with Gasteiger partial charge in [-0.1, -0.05) is 49.6 Å².